The lowest BCUT2D eigenvalue weighted by Gasteiger charge is -2.33. The van der Waals surface area contributed by atoms with E-state index in [-0.39, 0.29) is 15.3 Å². The summed E-state index contributed by atoms with van der Waals surface area (Å²) in [6.07, 6.45) is 0.661. The van der Waals surface area contributed by atoms with Crippen LogP contribution >= 0.6 is 11.6 Å². The third-order valence-electron chi connectivity index (χ3n) is 2.58. The molecular weight excluding hydrogens is 301 g/mol. The summed E-state index contributed by atoms with van der Waals surface area (Å²) in [7, 11) is -3.73. The summed E-state index contributed by atoms with van der Waals surface area (Å²) in [5.74, 6) is -0.639. The minimum Gasteiger partial charge on any atom is -0.207 e. The maximum Gasteiger partial charge on any atom is 0.241 e. The van der Waals surface area contributed by atoms with Gasteiger partial charge in [-0.1, -0.05) is 32.4 Å². The van der Waals surface area contributed by atoms with Crippen molar-refractivity contribution in [3.63, 3.8) is 0 Å². The first kappa shape index (κ1) is 17.4. The van der Waals surface area contributed by atoms with Crippen molar-refractivity contribution >= 4 is 21.6 Å². The van der Waals surface area contributed by atoms with Gasteiger partial charge in [-0.15, -0.1) is 0 Å². The highest BCUT2D eigenvalue weighted by atomic mass is 35.5. The molecule has 0 unspecified atom stereocenters. The molecule has 0 spiro atoms. The molecular formula is C14H21ClFNO2S. The Labute approximate surface area is 125 Å². The lowest BCUT2D eigenvalue weighted by molar-refractivity contribution is 0.269. The van der Waals surface area contributed by atoms with Gasteiger partial charge < -0.3 is 0 Å². The van der Waals surface area contributed by atoms with E-state index in [1.54, 1.807) is 0 Å². The summed E-state index contributed by atoms with van der Waals surface area (Å²) in [6.45, 7) is 9.76. The van der Waals surface area contributed by atoms with Crippen molar-refractivity contribution in [1.82, 2.24) is 4.72 Å². The van der Waals surface area contributed by atoms with E-state index in [0.29, 0.717) is 6.42 Å². The minimum absolute atomic E-state index is 0.0214. The average Bonchev–Trinajstić information content (AvgIpc) is 2.16. The molecule has 1 rings (SSSR count). The van der Waals surface area contributed by atoms with Gasteiger partial charge in [0, 0.05) is 5.54 Å². The third-order valence-corrected chi connectivity index (χ3v) is 4.57. The molecule has 0 bridgehead atoms. The summed E-state index contributed by atoms with van der Waals surface area (Å²) in [5, 5.41) is -0.207. The first-order valence-electron chi connectivity index (χ1n) is 6.31. The van der Waals surface area contributed by atoms with Gasteiger partial charge in [-0.2, -0.15) is 0 Å². The molecule has 0 aromatic heterocycles. The quantitative estimate of drug-likeness (QED) is 0.912. The third kappa shape index (κ3) is 5.04. The van der Waals surface area contributed by atoms with Crippen LogP contribution in [0.5, 0.6) is 0 Å². The monoisotopic (exact) mass is 321 g/mol. The van der Waals surface area contributed by atoms with Crippen LogP contribution in [0.1, 0.15) is 41.0 Å². The number of rotatable bonds is 4. The highest BCUT2D eigenvalue weighted by molar-refractivity contribution is 7.89. The maximum absolute atomic E-state index is 13.1. The van der Waals surface area contributed by atoms with E-state index in [4.69, 9.17) is 11.6 Å². The molecule has 1 N–H and O–H groups in total. The van der Waals surface area contributed by atoms with Crippen LogP contribution in [0.4, 0.5) is 4.39 Å². The number of halogens is 2. The number of sulfonamides is 1. The van der Waals surface area contributed by atoms with Crippen molar-refractivity contribution in [2.45, 2.75) is 51.5 Å². The van der Waals surface area contributed by atoms with E-state index in [1.807, 2.05) is 34.6 Å². The zero-order valence-electron chi connectivity index (χ0n) is 12.4. The van der Waals surface area contributed by atoms with Crippen molar-refractivity contribution in [3.8, 4) is 0 Å². The summed E-state index contributed by atoms with van der Waals surface area (Å²) in [5.41, 5.74) is -0.635. The Bertz CT molecular complexity index is 592. The van der Waals surface area contributed by atoms with Crippen molar-refractivity contribution in [2.24, 2.45) is 5.41 Å². The molecule has 0 amide bonds. The molecule has 0 radical (unpaired) electrons. The zero-order chi connectivity index (χ0) is 15.8. The van der Waals surface area contributed by atoms with Gasteiger partial charge in [-0.25, -0.2) is 17.5 Å². The van der Waals surface area contributed by atoms with E-state index in [9.17, 15) is 12.8 Å². The van der Waals surface area contributed by atoms with Crippen molar-refractivity contribution in [2.75, 3.05) is 0 Å². The maximum atomic E-state index is 13.1. The second-order valence-corrected chi connectivity index (χ2v) is 8.89. The van der Waals surface area contributed by atoms with Crippen LogP contribution in [0.15, 0.2) is 23.1 Å². The molecule has 3 nitrogen and oxygen atoms in total. The van der Waals surface area contributed by atoms with Crippen LogP contribution in [0, 0.1) is 11.2 Å². The Morgan fingerprint density at radius 3 is 2.20 bits per heavy atom. The van der Waals surface area contributed by atoms with Gasteiger partial charge in [0.1, 0.15) is 5.82 Å². The van der Waals surface area contributed by atoms with Crippen LogP contribution in [0.3, 0.4) is 0 Å². The van der Waals surface area contributed by atoms with Gasteiger partial charge in [-0.3, -0.25) is 0 Å². The van der Waals surface area contributed by atoms with E-state index < -0.39 is 21.4 Å². The summed E-state index contributed by atoms with van der Waals surface area (Å²) in [4.78, 5) is -0.0362. The van der Waals surface area contributed by atoms with Crippen LogP contribution in [0.2, 0.25) is 5.02 Å². The Morgan fingerprint density at radius 1 is 1.20 bits per heavy atom. The van der Waals surface area contributed by atoms with Crippen LogP contribution in [-0.2, 0) is 10.0 Å². The summed E-state index contributed by atoms with van der Waals surface area (Å²) in [6, 6.07) is 3.37. The second kappa shape index (κ2) is 5.62. The van der Waals surface area contributed by atoms with Crippen molar-refractivity contribution in [3.05, 3.63) is 29.0 Å². The molecule has 0 atom stereocenters. The molecule has 1 aromatic rings. The van der Waals surface area contributed by atoms with E-state index in [0.717, 1.165) is 12.1 Å². The topological polar surface area (TPSA) is 46.2 Å². The lowest BCUT2D eigenvalue weighted by atomic mass is 9.82. The van der Waals surface area contributed by atoms with Crippen LogP contribution < -0.4 is 4.72 Å². The smallest absolute Gasteiger partial charge is 0.207 e. The highest BCUT2D eigenvalue weighted by Crippen LogP contribution is 2.28. The summed E-state index contributed by atoms with van der Waals surface area (Å²) < 4.78 is 40.4. The molecule has 0 saturated heterocycles. The number of hydrogen-bond acceptors (Lipinski definition) is 2. The Balaban J connectivity index is 3.03. The van der Waals surface area contributed by atoms with Gasteiger partial charge in [0.05, 0.1) is 9.92 Å². The summed E-state index contributed by atoms with van der Waals surface area (Å²) >= 11 is 5.63. The molecule has 0 saturated carbocycles. The fourth-order valence-electron chi connectivity index (χ4n) is 2.43. The highest BCUT2D eigenvalue weighted by Gasteiger charge is 2.30. The van der Waals surface area contributed by atoms with Gasteiger partial charge >= 0.3 is 0 Å². The molecule has 0 aliphatic rings. The molecule has 0 heterocycles. The van der Waals surface area contributed by atoms with E-state index in [1.165, 1.54) is 6.07 Å². The first-order valence-corrected chi connectivity index (χ1v) is 8.18. The van der Waals surface area contributed by atoms with Gasteiger partial charge in [0.15, 0.2) is 0 Å². The molecule has 0 aliphatic heterocycles. The standard InChI is InChI=1S/C14H21ClFNO2S/c1-13(2,3)9-14(4,5)17-20(18,19)10-6-7-12(16)11(15)8-10/h6-8,17H,9H2,1-5H3. The molecule has 0 aliphatic carbocycles. The number of benzene rings is 1. The Hall–Kier alpha value is -0.650. The van der Waals surface area contributed by atoms with Gasteiger partial charge in [-0.05, 0) is 43.9 Å². The predicted molar refractivity (Wildman–Crippen MR) is 79.9 cm³/mol. The van der Waals surface area contributed by atoms with Gasteiger partial charge in [0.25, 0.3) is 0 Å². The molecule has 0 fully saturated rings. The predicted octanol–water partition coefficient (Wildman–Crippen LogP) is 3.97. The van der Waals surface area contributed by atoms with Crippen LogP contribution in [0.25, 0.3) is 0 Å². The van der Waals surface area contributed by atoms with Crippen molar-refractivity contribution in [1.29, 1.82) is 0 Å². The van der Waals surface area contributed by atoms with E-state index in [2.05, 4.69) is 4.72 Å². The first-order chi connectivity index (χ1) is 8.82. The Kier molecular flexibility index (Phi) is 4.89. The molecule has 20 heavy (non-hydrogen) atoms. The van der Waals surface area contributed by atoms with Crippen molar-refractivity contribution < 1.29 is 12.8 Å². The second-order valence-electron chi connectivity index (χ2n) is 6.80. The molecule has 1 aromatic carbocycles. The number of nitrogens with one attached hydrogen (secondary N) is 1. The molecule has 114 valence electrons. The fourth-order valence-corrected chi connectivity index (χ4v) is 4.11. The Morgan fingerprint density at radius 2 is 1.75 bits per heavy atom. The molecule has 6 heteroatoms. The SMILES string of the molecule is CC(C)(C)CC(C)(C)NS(=O)(=O)c1ccc(F)c(Cl)c1. The lowest BCUT2D eigenvalue weighted by Crippen LogP contribution is -2.45. The minimum atomic E-state index is -3.73. The van der Waals surface area contributed by atoms with Gasteiger partial charge in [0.2, 0.25) is 10.0 Å². The normalized spacial score (nSPS) is 13.6. The average molecular weight is 322 g/mol. The largest absolute Gasteiger partial charge is 0.241 e. The van der Waals surface area contributed by atoms with Crippen LogP contribution in [-0.4, -0.2) is 14.0 Å². The number of hydrogen-bond donors (Lipinski definition) is 1. The fraction of sp³-hybridized carbons (Fsp3) is 0.571. The zero-order valence-corrected chi connectivity index (χ0v) is 14.0. The van der Waals surface area contributed by atoms with E-state index >= 15 is 0 Å².